The number of anilines is 1. The summed E-state index contributed by atoms with van der Waals surface area (Å²) in [5, 5.41) is 9.61. The molecule has 0 aliphatic heterocycles. The predicted octanol–water partition coefficient (Wildman–Crippen LogP) is 4.33. The summed E-state index contributed by atoms with van der Waals surface area (Å²) >= 11 is 0. The number of nitrogens with zero attached hydrogens (tertiary/aromatic N) is 2. The van der Waals surface area contributed by atoms with Crippen LogP contribution >= 0.6 is 0 Å². The van der Waals surface area contributed by atoms with E-state index in [9.17, 15) is 14.4 Å². The van der Waals surface area contributed by atoms with Crippen molar-refractivity contribution >= 4 is 39.1 Å². The first kappa shape index (κ1) is 21.1. The first-order chi connectivity index (χ1) is 16.6. The van der Waals surface area contributed by atoms with Crippen LogP contribution in [0.4, 0.5) is 5.69 Å². The van der Waals surface area contributed by atoms with Crippen molar-refractivity contribution in [3.05, 3.63) is 113 Å². The molecule has 0 unspecified atom stereocenters. The van der Waals surface area contributed by atoms with Crippen molar-refractivity contribution in [2.24, 2.45) is 0 Å². The number of rotatable bonds is 5. The zero-order valence-electron chi connectivity index (χ0n) is 18.0. The number of esters is 1. The van der Waals surface area contributed by atoms with E-state index in [1.165, 1.54) is 0 Å². The second-order valence-corrected chi connectivity index (χ2v) is 7.60. The molecule has 7 nitrogen and oxygen atoms in total. The first-order valence-electron chi connectivity index (χ1n) is 10.6. The largest absolute Gasteiger partial charge is 0.451 e. The molecule has 0 spiro atoms. The van der Waals surface area contributed by atoms with Gasteiger partial charge in [-0.05, 0) is 29.7 Å². The van der Waals surface area contributed by atoms with Gasteiger partial charge in [0.25, 0.3) is 11.5 Å². The Labute approximate surface area is 194 Å². The van der Waals surface area contributed by atoms with E-state index in [0.717, 1.165) is 15.5 Å². The summed E-state index contributed by atoms with van der Waals surface area (Å²) in [6.07, 6.45) is 0. The third-order valence-electron chi connectivity index (χ3n) is 5.40. The summed E-state index contributed by atoms with van der Waals surface area (Å²) in [7, 11) is 0. The van der Waals surface area contributed by atoms with Crippen molar-refractivity contribution in [2.45, 2.75) is 0 Å². The van der Waals surface area contributed by atoms with Crippen LogP contribution in [0.1, 0.15) is 10.5 Å². The molecule has 0 aliphatic rings. The molecule has 0 atom stereocenters. The van der Waals surface area contributed by atoms with Gasteiger partial charge < -0.3 is 10.1 Å². The van der Waals surface area contributed by atoms with E-state index in [2.05, 4.69) is 10.4 Å². The SMILES string of the molecule is O=C(COC(=O)c1nn(-c2ccccc2)c(=O)c2ccccc12)Nc1cccc2ccccc12. The first-order valence-corrected chi connectivity index (χ1v) is 10.6. The van der Waals surface area contributed by atoms with Crippen molar-refractivity contribution in [3.63, 3.8) is 0 Å². The monoisotopic (exact) mass is 449 g/mol. The second-order valence-electron chi connectivity index (χ2n) is 7.60. The lowest BCUT2D eigenvalue weighted by Crippen LogP contribution is -2.26. The molecule has 0 saturated heterocycles. The summed E-state index contributed by atoms with van der Waals surface area (Å²) in [4.78, 5) is 38.4. The van der Waals surface area contributed by atoms with Gasteiger partial charge >= 0.3 is 5.97 Å². The number of para-hydroxylation sites is 1. The van der Waals surface area contributed by atoms with Gasteiger partial charge in [-0.3, -0.25) is 9.59 Å². The highest BCUT2D eigenvalue weighted by Crippen LogP contribution is 2.23. The van der Waals surface area contributed by atoms with Gasteiger partial charge in [-0.25, -0.2) is 4.79 Å². The molecule has 4 aromatic carbocycles. The third kappa shape index (κ3) is 4.02. The number of aromatic nitrogens is 2. The topological polar surface area (TPSA) is 90.3 Å². The van der Waals surface area contributed by atoms with Crippen LogP contribution in [0, 0.1) is 0 Å². The molecule has 1 N–H and O–H groups in total. The lowest BCUT2D eigenvalue weighted by atomic mass is 10.1. The summed E-state index contributed by atoms with van der Waals surface area (Å²) in [5.74, 6) is -1.28. The molecule has 0 fully saturated rings. The molecule has 1 heterocycles. The van der Waals surface area contributed by atoms with Gasteiger partial charge in [-0.15, -0.1) is 0 Å². The number of carbonyl (C=O) groups excluding carboxylic acids is 2. The van der Waals surface area contributed by atoms with E-state index >= 15 is 0 Å². The molecule has 0 saturated carbocycles. The Hall–Kier alpha value is -4.78. The number of fused-ring (bicyclic) bond motifs is 2. The predicted molar refractivity (Wildman–Crippen MR) is 130 cm³/mol. The van der Waals surface area contributed by atoms with Crippen LogP contribution < -0.4 is 10.9 Å². The molecular weight excluding hydrogens is 430 g/mol. The fraction of sp³-hybridized carbons (Fsp3) is 0.0370. The number of hydrogen-bond acceptors (Lipinski definition) is 5. The quantitative estimate of drug-likeness (QED) is 0.403. The highest BCUT2D eigenvalue weighted by Gasteiger charge is 2.20. The van der Waals surface area contributed by atoms with Gasteiger partial charge in [0, 0.05) is 16.5 Å². The number of hydrogen-bond donors (Lipinski definition) is 1. The van der Waals surface area contributed by atoms with Crippen LogP contribution in [0.25, 0.3) is 27.2 Å². The smallest absolute Gasteiger partial charge is 0.359 e. The number of nitrogens with one attached hydrogen (secondary N) is 1. The molecule has 1 aromatic heterocycles. The molecule has 1 amide bonds. The van der Waals surface area contributed by atoms with Crippen LogP contribution in [-0.2, 0) is 9.53 Å². The minimum absolute atomic E-state index is 0.0444. The Morgan fingerprint density at radius 2 is 1.41 bits per heavy atom. The van der Waals surface area contributed by atoms with Crippen molar-refractivity contribution < 1.29 is 14.3 Å². The number of carbonyl (C=O) groups is 2. The van der Waals surface area contributed by atoms with Crippen molar-refractivity contribution in [1.82, 2.24) is 9.78 Å². The maximum Gasteiger partial charge on any atom is 0.359 e. The molecule has 34 heavy (non-hydrogen) atoms. The average molecular weight is 449 g/mol. The fourth-order valence-corrected chi connectivity index (χ4v) is 3.80. The van der Waals surface area contributed by atoms with Gasteiger partial charge in [-0.2, -0.15) is 9.78 Å². The fourth-order valence-electron chi connectivity index (χ4n) is 3.80. The van der Waals surface area contributed by atoms with Crippen molar-refractivity contribution in [2.75, 3.05) is 11.9 Å². The minimum atomic E-state index is -0.797. The number of benzene rings is 4. The lowest BCUT2D eigenvalue weighted by molar-refractivity contribution is -0.119. The maximum absolute atomic E-state index is 13.0. The Morgan fingerprint density at radius 1 is 0.765 bits per heavy atom. The van der Waals surface area contributed by atoms with Crippen LogP contribution in [0.2, 0.25) is 0 Å². The van der Waals surface area contributed by atoms with Gasteiger partial charge in [0.1, 0.15) is 0 Å². The zero-order chi connectivity index (χ0) is 23.5. The highest BCUT2D eigenvalue weighted by molar-refractivity contribution is 6.05. The molecule has 5 aromatic rings. The highest BCUT2D eigenvalue weighted by atomic mass is 16.5. The standard InChI is InChI=1S/C27H19N3O4/c31-24(28-23-16-8-10-18-9-4-5-13-20(18)23)17-34-27(33)25-21-14-6-7-15-22(21)26(32)30(29-25)19-11-2-1-3-12-19/h1-16H,17H2,(H,28,31). The van der Waals surface area contributed by atoms with E-state index in [4.69, 9.17) is 4.74 Å². The summed E-state index contributed by atoms with van der Waals surface area (Å²) in [5.41, 5.74) is 0.741. The van der Waals surface area contributed by atoms with Crippen LogP contribution in [0.5, 0.6) is 0 Å². The van der Waals surface area contributed by atoms with E-state index in [1.807, 2.05) is 42.5 Å². The molecule has 7 heteroatoms. The average Bonchev–Trinajstić information content (AvgIpc) is 2.88. The lowest BCUT2D eigenvalue weighted by Gasteiger charge is -2.11. The normalized spacial score (nSPS) is 10.8. The summed E-state index contributed by atoms with van der Waals surface area (Å²) in [6, 6.07) is 28.7. The van der Waals surface area contributed by atoms with Crippen molar-refractivity contribution in [1.29, 1.82) is 0 Å². The van der Waals surface area contributed by atoms with Gasteiger partial charge in [0.2, 0.25) is 0 Å². The molecule has 0 aliphatic carbocycles. The van der Waals surface area contributed by atoms with E-state index in [1.54, 1.807) is 54.6 Å². The molecule has 0 bridgehead atoms. The van der Waals surface area contributed by atoms with Crippen molar-refractivity contribution in [3.8, 4) is 5.69 Å². The van der Waals surface area contributed by atoms with E-state index in [0.29, 0.717) is 22.1 Å². The van der Waals surface area contributed by atoms with Crippen LogP contribution in [-0.4, -0.2) is 28.3 Å². The van der Waals surface area contributed by atoms with Crippen LogP contribution in [0.3, 0.4) is 0 Å². The molecular formula is C27H19N3O4. The van der Waals surface area contributed by atoms with Gasteiger partial charge in [0.15, 0.2) is 12.3 Å². The molecule has 5 rings (SSSR count). The maximum atomic E-state index is 13.0. The number of amides is 1. The second kappa shape index (κ2) is 8.99. The zero-order valence-corrected chi connectivity index (χ0v) is 18.0. The molecule has 0 radical (unpaired) electrons. The van der Waals surface area contributed by atoms with Crippen LogP contribution in [0.15, 0.2) is 102 Å². The Bertz CT molecular complexity index is 1590. The summed E-state index contributed by atoms with van der Waals surface area (Å²) < 4.78 is 6.45. The Balaban J connectivity index is 1.41. The van der Waals surface area contributed by atoms with E-state index < -0.39 is 18.5 Å². The minimum Gasteiger partial charge on any atom is -0.451 e. The summed E-state index contributed by atoms with van der Waals surface area (Å²) in [6.45, 7) is -0.497. The Morgan fingerprint density at radius 3 is 2.21 bits per heavy atom. The number of ether oxygens (including phenoxy) is 1. The van der Waals surface area contributed by atoms with Gasteiger partial charge in [0.05, 0.1) is 11.1 Å². The molecule has 166 valence electrons. The van der Waals surface area contributed by atoms with E-state index in [-0.39, 0.29) is 11.3 Å². The Kier molecular flexibility index (Phi) is 5.58. The van der Waals surface area contributed by atoms with Gasteiger partial charge in [-0.1, -0.05) is 72.8 Å². The third-order valence-corrected chi connectivity index (χ3v) is 5.40.